The first kappa shape index (κ1) is 10.8. The predicted octanol–water partition coefficient (Wildman–Crippen LogP) is 0.360. The van der Waals surface area contributed by atoms with Crippen LogP contribution in [0.1, 0.15) is 10.6 Å². The highest BCUT2D eigenvalue weighted by Crippen LogP contribution is 2.08. The second-order valence-corrected chi connectivity index (χ2v) is 4.46. The second kappa shape index (κ2) is 4.05. The lowest BCUT2D eigenvalue weighted by Crippen LogP contribution is -2.37. The minimum Gasteiger partial charge on any atom is -0.303 e. The van der Waals surface area contributed by atoms with E-state index in [9.17, 15) is 9.59 Å². The van der Waals surface area contributed by atoms with Gasteiger partial charge in [-0.05, 0) is 24.5 Å². The van der Waals surface area contributed by atoms with Crippen molar-refractivity contribution in [2.45, 2.75) is 13.5 Å². The lowest BCUT2D eigenvalue weighted by molar-refractivity contribution is 0.644. The number of hydrogen-bond acceptors (Lipinski definition) is 4. The Bertz CT molecular complexity index is 623. The molecule has 0 spiro atoms. The fourth-order valence-electron chi connectivity index (χ4n) is 1.41. The van der Waals surface area contributed by atoms with Crippen LogP contribution in [0.4, 0.5) is 0 Å². The van der Waals surface area contributed by atoms with E-state index >= 15 is 0 Å². The maximum atomic E-state index is 11.7. The third kappa shape index (κ3) is 1.96. The van der Waals surface area contributed by atoms with Crippen molar-refractivity contribution >= 4 is 11.5 Å². The van der Waals surface area contributed by atoms with E-state index < -0.39 is 0 Å². The molecule has 0 aliphatic carbocycles. The summed E-state index contributed by atoms with van der Waals surface area (Å²) in [6.07, 6.45) is 1.47. The van der Waals surface area contributed by atoms with Gasteiger partial charge in [0.2, 0.25) is 0 Å². The maximum absolute atomic E-state index is 11.7. The number of aromatic nitrogens is 3. The van der Waals surface area contributed by atoms with Gasteiger partial charge in [0.05, 0.1) is 12.2 Å². The van der Waals surface area contributed by atoms with Crippen LogP contribution in [0, 0.1) is 6.92 Å². The minimum atomic E-state index is -0.307. The molecular formula is C10H11N3O2S. The van der Waals surface area contributed by atoms with Crippen LogP contribution in [-0.4, -0.2) is 13.5 Å². The molecule has 0 unspecified atom stereocenters. The molecule has 0 N–H and O–H groups in total. The first-order chi connectivity index (χ1) is 7.58. The molecule has 0 fully saturated rings. The van der Waals surface area contributed by atoms with E-state index in [4.69, 9.17) is 0 Å². The summed E-state index contributed by atoms with van der Waals surface area (Å²) >= 11 is 1.31. The highest BCUT2D eigenvalue weighted by atomic mass is 32.1. The van der Waals surface area contributed by atoms with Gasteiger partial charge in [0.1, 0.15) is 0 Å². The molecule has 5 nitrogen and oxygen atoms in total. The van der Waals surface area contributed by atoms with Gasteiger partial charge in [0.15, 0.2) is 0 Å². The lowest BCUT2D eigenvalue weighted by Gasteiger charge is -2.03. The highest BCUT2D eigenvalue weighted by molar-refractivity contribution is 7.05. The molecule has 0 amide bonds. The van der Waals surface area contributed by atoms with Crippen LogP contribution in [0.2, 0.25) is 0 Å². The molecule has 6 heteroatoms. The molecule has 0 aromatic carbocycles. The van der Waals surface area contributed by atoms with E-state index in [1.54, 1.807) is 7.05 Å². The van der Waals surface area contributed by atoms with Gasteiger partial charge in [-0.15, -0.1) is 0 Å². The molecule has 0 bridgehead atoms. The van der Waals surface area contributed by atoms with Gasteiger partial charge in [-0.25, -0.2) is 4.79 Å². The Morgan fingerprint density at radius 2 is 2.19 bits per heavy atom. The van der Waals surface area contributed by atoms with Gasteiger partial charge >= 0.3 is 5.69 Å². The monoisotopic (exact) mass is 237 g/mol. The quantitative estimate of drug-likeness (QED) is 0.757. The third-order valence-electron chi connectivity index (χ3n) is 2.23. The van der Waals surface area contributed by atoms with E-state index in [2.05, 4.69) is 4.37 Å². The number of rotatable bonds is 2. The lowest BCUT2D eigenvalue weighted by atomic mass is 10.4. The summed E-state index contributed by atoms with van der Waals surface area (Å²) in [5, 5.41) is 0. The summed E-state index contributed by atoms with van der Waals surface area (Å²) in [6.45, 7) is 2.17. The Balaban J connectivity index is 2.46. The van der Waals surface area contributed by atoms with Crippen LogP contribution >= 0.6 is 11.5 Å². The van der Waals surface area contributed by atoms with E-state index in [0.717, 1.165) is 10.6 Å². The van der Waals surface area contributed by atoms with Crippen LogP contribution < -0.4 is 11.2 Å². The van der Waals surface area contributed by atoms with Gasteiger partial charge in [0.25, 0.3) is 5.56 Å². The summed E-state index contributed by atoms with van der Waals surface area (Å²) in [4.78, 5) is 24.2. The predicted molar refractivity (Wildman–Crippen MR) is 61.9 cm³/mol. The Labute approximate surface area is 95.8 Å². The molecule has 2 heterocycles. The number of nitrogens with zero attached hydrogens (tertiary/aromatic N) is 3. The zero-order chi connectivity index (χ0) is 11.7. The van der Waals surface area contributed by atoms with Crippen LogP contribution in [0.5, 0.6) is 0 Å². The van der Waals surface area contributed by atoms with E-state index in [1.807, 2.05) is 13.0 Å². The number of aryl methyl sites for hydroxylation is 2. The number of hydrogen-bond donors (Lipinski definition) is 0. The van der Waals surface area contributed by atoms with E-state index in [1.165, 1.54) is 32.9 Å². The van der Waals surface area contributed by atoms with Crippen LogP contribution in [-0.2, 0) is 13.6 Å². The second-order valence-electron chi connectivity index (χ2n) is 3.57. The third-order valence-corrected chi connectivity index (χ3v) is 3.09. The molecule has 2 aromatic heterocycles. The van der Waals surface area contributed by atoms with Crippen molar-refractivity contribution in [1.29, 1.82) is 0 Å². The van der Waals surface area contributed by atoms with Crippen molar-refractivity contribution in [3.63, 3.8) is 0 Å². The zero-order valence-electron chi connectivity index (χ0n) is 9.01. The molecule has 84 valence electrons. The van der Waals surface area contributed by atoms with Crippen molar-refractivity contribution in [1.82, 2.24) is 13.5 Å². The largest absolute Gasteiger partial charge is 0.331 e. The van der Waals surface area contributed by atoms with Crippen LogP contribution in [0.3, 0.4) is 0 Å². The highest BCUT2D eigenvalue weighted by Gasteiger charge is 2.05. The van der Waals surface area contributed by atoms with Crippen molar-refractivity contribution in [2.24, 2.45) is 7.05 Å². The van der Waals surface area contributed by atoms with Gasteiger partial charge in [-0.1, -0.05) is 0 Å². The molecule has 2 rings (SSSR count). The summed E-state index contributed by atoms with van der Waals surface area (Å²) in [5.41, 5.74) is 0.313. The van der Waals surface area contributed by atoms with Gasteiger partial charge < -0.3 is 4.57 Å². The summed E-state index contributed by atoms with van der Waals surface area (Å²) in [5.74, 6) is 0. The van der Waals surface area contributed by atoms with Gasteiger partial charge in [-0.3, -0.25) is 9.36 Å². The molecule has 0 saturated carbocycles. The van der Waals surface area contributed by atoms with Crippen molar-refractivity contribution in [2.75, 3.05) is 0 Å². The average Bonchev–Trinajstić information content (AvgIpc) is 2.65. The molecular weight excluding hydrogens is 226 g/mol. The standard InChI is InChI=1S/C10H11N3O2S/c1-7-5-8(16-11-7)6-13-9(14)3-4-12(2)10(13)15/h3-5H,6H2,1-2H3. The first-order valence-electron chi connectivity index (χ1n) is 4.76. The molecule has 2 aromatic rings. The van der Waals surface area contributed by atoms with Gasteiger partial charge in [-0.2, -0.15) is 4.37 Å². The van der Waals surface area contributed by atoms with Crippen molar-refractivity contribution in [3.8, 4) is 0 Å². The molecule has 16 heavy (non-hydrogen) atoms. The zero-order valence-corrected chi connectivity index (χ0v) is 9.82. The van der Waals surface area contributed by atoms with E-state index in [0.29, 0.717) is 0 Å². The van der Waals surface area contributed by atoms with Crippen LogP contribution in [0.15, 0.2) is 27.9 Å². The summed E-state index contributed by atoms with van der Waals surface area (Å²) < 4.78 is 6.70. The molecule has 0 saturated heterocycles. The normalized spacial score (nSPS) is 10.6. The Hall–Kier alpha value is -1.69. The first-order valence-corrected chi connectivity index (χ1v) is 5.54. The fourth-order valence-corrected chi connectivity index (χ4v) is 2.13. The van der Waals surface area contributed by atoms with Gasteiger partial charge in [0, 0.05) is 24.2 Å². The van der Waals surface area contributed by atoms with Crippen molar-refractivity contribution < 1.29 is 0 Å². The summed E-state index contributed by atoms with van der Waals surface area (Å²) in [6, 6.07) is 3.26. The van der Waals surface area contributed by atoms with Crippen LogP contribution in [0.25, 0.3) is 0 Å². The molecule has 0 radical (unpaired) electrons. The maximum Gasteiger partial charge on any atom is 0.331 e. The summed E-state index contributed by atoms with van der Waals surface area (Å²) in [7, 11) is 1.62. The Kier molecular flexibility index (Phi) is 2.74. The molecule has 0 aliphatic heterocycles. The molecule has 0 aliphatic rings. The smallest absolute Gasteiger partial charge is 0.303 e. The van der Waals surface area contributed by atoms with E-state index in [-0.39, 0.29) is 17.8 Å². The Morgan fingerprint density at radius 3 is 2.81 bits per heavy atom. The topological polar surface area (TPSA) is 56.9 Å². The Morgan fingerprint density at radius 1 is 1.44 bits per heavy atom. The average molecular weight is 237 g/mol. The van der Waals surface area contributed by atoms with Crippen molar-refractivity contribution in [3.05, 3.63) is 49.7 Å². The molecule has 0 atom stereocenters. The fraction of sp³-hybridized carbons (Fsp3) is 0.300. The minimum absolute atomic E-state index is 0.283. The SMILES string of the molecule is Cc1cc(Cn2c(=O)ccn(C)c2=O)sn1.